The van der Waals surface area contributed by atoms with Crippen LogP contribution < -0.4 is 5.56 Å². The highest BCUT2D eigenvalue weighted by Crippen LogP contribution is 2.19. The molecule has 0 aliphatic heterocycles. The van der Waals surface area contributed by atoms with Gasteiger partial charge in [0.05, 0.1) is 25.2 Å². The standard InChI is InChI=1S/C14H17N5O3S/c1-4-22-11(20)8-17(2)7-10-15-16-14-18(3)13(21)12-9(19(10)14)5-6-23-12/h5-6H,4,7-8H2,1-3H3. The van der Waals surface area contributed by atoms with Crippen LogP contribution in [0.25, 0.3) is 16.0 Å². The first kappa shape index (κ1) is 15.6. The van der Waals surface area contributed by atoms with Crippen LogP contribution in [0.5, 0.6) is 0 Å². The second kappa shape index (κ2) is 6.09. The second-order valence-electron chi connectivity index (χ2n) is 5.23. The zero-order chi connectivity index (χ0) is 16.6. The van der Waals surface area contributed by atoms with Gasteiger partial charge in [0, 0.05) is 7.05 Å². The summed E-state index contributed by atoms with van der Waals surface area (Å²) < 4.78 is 8.95. The molecule has 0 radical (unpaired) electrons. The summed E-state index contributed by atoms with van der Waals surface area (Å²) in [5.41, 5.74) is 0.707. The lowest BCUT2D eigenvalue weighted by atomic mass is 10.4. The van der Waals surface area contributed by atoms with Crippen LogP contribution in [0.2, 0.25) is 0 Å². The van der Waals surface area contributed by atoms with Gasteiger partial charge in [0.25, 0.3) is 5.56 Å². The zero-order valence-electron chi connectivity index (χ0n) is 13.1. The Labute approximate surface area is 135 Å². The van der Waals surface area contributed by atoms with E-state index in [1.807, 2.05) is 22.9 Å². The maximum absolute atomic E-state index is 12.3. The maximum atomic E-state index is 12.3. The van der Waals surface area contributed by atoms with Gasteiger partial charge in [-0.2, -0.15) is 0 Å². The lowest BCUT2D eigenvalue weighted by Gasteiger charge is -2.14. The van der Waals surface area contributed by atoms with Crippen molar-refractivity contribution in [3.8, 4) is 0 Å². The Hall–Kier alpha value is -2.26. The van der Waals surface area contributed by atoms with Gasteiger partial charge < -0.3 is 4.74 Å². The summed E-state index contributed by atoms with van der Waals surface area (Å²) in [6.07, 6.45) is 0. The molecule has 0 saturated heterocycles. The molecular weight excluding hydrogens is 318 g/mol. The van der Waals surface area contributed by atoms with Gasteiger partial charge in [-0.05, 0) is 25.4 Å². The summed E-state index contributed by atoms with van der Waals surface area (Å²) in [6.45, 7) is 2.72. The second-order valence-corrected chi connectivity index (χ2v) is 6.14. The summed E-state index contributed by atoms with van der Waals surface area (Å²) in [6, 6.07) is 1.88. The molecule has 0 amide bonds. The number of thiophene rings is 1. The van der Waals surface area contributed by atoms with Crippen molar-refractivity contribution in [2.24, 2.45) is 7.05 Å². The highest BCUT2D eigenvalue weighted by Gasteiger charge is 2.17. The molecule has 0 N–H and O–H groups in total. The first-order chi connectivity index (χ1) is 11.0. The fourth-order valence-corrected chi connectivity index (χ4v) is 3.33. The van der Waals surface area contributed by atoms with Gasteiger partial charge in [0.1, 0.15) is 4.70 Å². The number of hydrogen-bond acceptors (Lipinski definition) is 7. The summed E-state index contributed by atoms with van der Waals surface area (Å²) in [5.74, 6) is 0.878. The van der Waals surface area contributed by atoms with Crippen molar-refractivity contribution in [2.75, 3.05) is 20.2 Å². The van der Waals surface area contributed by atoms with Crippen LogP contribution in [0, 0.1) is 0 Å². The third-order valence-corrected chi connectivity index (χ3v) is 4.40. The molecule has 8 nitrogen and oxygen atoms in total. The van der Waals surface area contributed by atoms with E-state index in [4.69, 9.17) is 4.74 Å². The number of aryl methyl sites for hydroxylation is 1. The number of esters is 1. The molecule has 9 heteroatoms. The Balaban J connectivity index is 1.99. The fourth-order valence-electron chi connectivity index (χ4n) is 2.48. The van der Waals surface area contributed by atoms with E-state index >= 15 is 0 Å². The van der Waals surface area contributed by atoms with Crippen molar-refractivity contribution in [1.82, 2.24) is 24.1 Å². The molecule has 0 aliphatic carbocycles. The van der Waals surface area contributed by atoms with E-state index in [0.717, 1.165) is 5.52 Å². The predicted molar refractivity (Wildman–Crippen MR) is 86.6 cm³/mol. The monoisotopic (exact) mass is 335 g/mol. The number of carbonyl (C=O) groups excluding carboxylic acids is 1. The van der Waals surface area contributed by atoms with Crippen LogP contribution in [-0.4, -0.2) is 50.2 Å². The Kier molecular flexibility index (Phi) is 4.14. The average Bonchev–Trinajstić information content (AvgIpc) is 3.11. The van der Waals surface area contributed by atoms with Crippen molar-refractivity contribution in [3.05, 3.63) is 27.6 Å². The quantitative estimate of drug-likeness (QED) is 0.637. The van der Waals surface area contributed by atoms with Crippen LogP contribution >= 0.6 is 11.3 Å². The van der Waals surface area contributed by atoms with Gasteiger partial charge in [-0.1, -0.05) is 0 Å². The van der Waals surface area contributed by atoms with Crippen LogP contribution in [0.1, 0.15) is 12.7 Å². The third kappa shape index (κ3) is 2.73. The summed E-state index contributed by atoms with van der Waals surface area (Å²) in [4.78, 5) is 25.6. The molecule has 0 unspecified atom stereocenters. The minimum Gasteiger partial charge on any atom is -0.465 e. The van der Waals surface area contributed by atoms with E-state index < -0.39 is 0 Å². The van der Waals surface area contributed by atoms with Crippen molar-refractivity contribution in [2.45, 2.75) is 13.5 Å². The number of aromatic nitrogens is 4. The molecule has 0 aromatic carbocycles. The lowest BCUT2D eigenvalue weighted by Crippen LogP contribution is -2.28. The van der Waals surface area contributed by atoms with E-state index in [9.17, 15) is 9.59 Å². The van der Waals surface area contributed by atoms with E-state index in [-0.39, 0.29) is 18.1 Å². The van der Waals surface area contributed by atoms with Gasteiger partial charge >= 0.3 is 5.97 Å². The third-order valence-electron chi connectivity index (χ3n) is 3.51. The first-order valence-electron chi connectivity index (χ1n) is 7.17. The van der Waals surface area contributed by atoms with Crippen molar-refractivity contribution in [3.63, 3.8) is 0 Å². The molecule has 0 atom stereocenters. The van der Waals surface area contributed by atoms with Crippen molar-refractivity contribution < 1.29 is 9.53 Å². The molecule has 0 aliphatic rings. The summed E-state index contributed by atoms with van der Waals surface area (Å²) in [5, 5.41) is 10.2. The number of ether oxygens (including phenoxy) is 1. The van der Waals surface area contributed by atoms with Gasteiger partial charge in [0.2, 0.25) is 5.78 Å². The fraction of sp³-hybridized carbons (Fsp3) is 0.429. The lowest BCUT2D eigenvalue weighted by molar-refractivity contribution is -0.144. The van der Waals surface area contributed by atoms with E-state index in [2.05, 4.69) is 10.2 Å². The molecule has 122 valence electrons. The largest absolute Gasteiger partial charge is 0.465 e. The normalized spacial score (nSPS) is 11.7. The van der Waals surface area contributed by atoms with Gasteiger partial charge in [-0.3, -0.25) is 23.5 Å². The number of likely N-dealkylation sites (N-methyl/N-ethyl adjacent to an activating group) is 1. The Morgan fingerprint density at radius 2 is 2.22 bits per heavy atom. The van der Waals surface area contributed by atoms with Crippen molar-refractivity contribution in [1.29, 1.82) is 0 Å². The summed E-state index contributed by atoms with van der Waals surface area (Å²) in [7, 11) is 3.49. The predicted octanol–water partition coefficient (Wildman–Crippen LogP) is 0.638. The van der Waals surface area contributed by atoms with E-state index in [1.165, 1.54) is 15.9 Å². The molecule has 3 aromatic rings. The van der Waals surface area contributed by atoms with Crippen LogP contribution in [0.15, 0.2) is 16.2 Å². The number of rotatable bonds is 5. The highest BCUT2D eigenvalue weighted by molar-refractivity contribution is 7.17. The van der Waals surface area contributed by atoms with Gasteiger partial charge in [0.15, 0.2) is 5.82 Å². The number of fused-ring (bicyclic) bond motifs is 3. The molecule has 0 bridgehead atoms. The number of hydrogen-bond donors (Lipinski definition) is 0. The topological polar surface area (TPSA) is 81.7 Å². The average molecular weight is 335 g/mol. The molecule has 0 saturated carbocycles. The van der Waals surface area contributed by atoms with Crippen LogP contribution in [0.4, 0.5) is 0 Å². The zero-order valence-corrected chi connectivity index (χ0v) is 14.0. The van der Waals surface area contributed by atoms with Crippen LogP contribution in [0.3, 0.4) is 0 Å². The molecule has 23 heavy (non-hydrogen) atoms. The molecule has 3 rings (SSSR count). The summed E-state index contributed by atoms with van der Waals surface area (Å²) >= 11 is 1.39. The number of nitrogens with zero attached hydrogens (tertiary/aromatic N) is 5. The smallest absolute Gasteiger partial charge is 0.320 e. The Bertz CT molecular complexity index is 926. The van der Waals surface area contributed by atoms with Crippen LogP contribution in [-0.2, 0) is 23.1 Å². The highest BCUT2D eigenvalue weighted by atomic mass is 32.1. The molecule has 3 heterocycles. The minimum atomic E-state index is -0.281. The molecule has 0 fully saturated rings. The Morgan fingerprint density at radius 1 is 1.43 bits per heavy atom. The Morgan fingerprint density at radius 3 is 2.96 bits per heavy atom. The molecule has 3 aromatic heterocycles. The van der Waals surface area contributed by atoms with Crippen molar-refractivity contribution >= 4 is 33.3 Å². The molecule has 0 spiro atoms. The maximum Gasteiger partial charge on any atom is 0.320 e. The first-order valence-corrected chi connectivity index (χ1v) is 8.05. The van der Waals surface area contributed by atoms with Gasteiger partial charge in [-0.25, -0.2) is 0 Å². The van der Waals surface area contributed by atoms with Gasteiger partial charge in [-0.15, -0.1) is 21.5 Å². The van der Waals surface area contributed by atoms with E-state index in [0.29, 0.717) is 29.5 Å². The number of carbonyl (C=O) groups is 1. The SMILES string of the molecule is CCOC(=O)CN(C)Cc1nnc2n(C)c(=O)c3sccc3n12. The molecular formula is C14H17N5O3S. The minimum absolute atomic E-state index is 0.0821. The van der Waals surface area contributed by atoms with E-state index in [1.54, 1.807) is 18.9 Å².